The minimum Gasteiger partial charge on any atom is -0.464 e. The van der Waals surface area contributed by atoms with Crippen molar-refractivity contribution in [3.63, 3.8) is 0 Å². The summed E-state index contributed by atoms with van der Waals surface area (Å²) in [6.45, 7) is 1.73. The van der Waals surface area contributed by atoms with Gasteiger partial charge in [-0.05, 0) is 25.1 Å². The van der Waals surface area contributed by atoms with E-state index in [1.807, 2.05) is 0 Å². The molecule has 1 aromatic carbocycles. The number of esters is 1. The van der Waals surface area contributed by atoms with E-state index in [2.05, 4.69) is 40.1 Å². The van der Waals surface area contributed by atoms with E-state index in [1.165, 1.54) is 31.6 Å². The zero-order valence-corrected chi connectivity index (χ0v) is 18.4. The maximum Gasteiger partial charge on any atom is 0.356 e. The molecule has 5 rings (SSSR count). The van der Waals surface area contributed by atoms with E-state index in [0.29, 0.717) is 39.3 Å². The van der Waals surface area contributed by atoms with Crippen molar-refractivity contribution < 1.29 is 18.7 Å². The van der Waals surface area contributed by atoms with Crippen molar-refractivity contribution >= 4 is 33.9 Å². The lowest BCUT2D eigenvalue weighted by molar-refractivity contribution is 0.0594. The largest absolute Gasteiger partial charge is 0.464 e. The van der Waals surface area contributed by atoms with Crippen LogP contribution >= 0.6 is 0 Å². The van der Waals surface area contributed by atoms with E-state index in [4.69, 9.17) is 0 Å². The van der Waals surface area contributed by atoms with E-state index in [0.717, 1.165) is 0 Å². The number of benzene rings is 1. The Balaban J connectivity index is 1.46. The van der Waals surface area contributed by atoms with Crippen LogP contribution in [0.5, 0.6) is 0 Å². The number of H-pyrrole nitrogens is 2. The van der Waals surface area contributed by atoms with Crippen LogP contribution in [0, 0.1) is 5.82 Å². The Bertz CT molecular complexity index is 1570. The molecule has 0 spiro atoms. The molecule has 3 N–H and O–H groups in total. The van der Waals surface area contributed by atoms with Gasteiger partial charge < -0.3 is 20.0 Å². The fraction of sp³-hybridized carbons (Fsp3) is 0.182. The summed E-state index contributed by atoms with van der Waals surface area (Å²) in [7, 11) is 2.99. The monoisotopic (exact) mass is 462 g/mol. The van der Waals surface area contributed by atoms with E-state index in [1.54, 1.807) is 30.9 Å². The lowest BCUT2D eigenvalue weighted by Gasteiger charge is -2.11. The number of nitrogens with one attached hydrogen (secondary N) is 3. The molecule has 0 aliphatic rings. The third-order valence-corrected chi connectivity index (χ3v) is 5.44. The zero-order valence-electron chi connectivity index (χ0n) is 18.4. The van der Waals surface area contributed by atoms with Crippen LogP contribution in [0.4, 0.5) is 4.39 Å². The van der Waals surface area contributed by atoms with Crippen molar-refractivity contribution in [1.82, 2.24) is 40.0 Å². The second kappa shape index (κ2) is 8.06. The first-order valence-corrected chi connectivity index (χ1v) is 10.3. The molecule has 4 heterocycles. The molecule has 0 fully saturated rings. The summed E-state index contributed by atoms with van der Waals surface area (Å²) in [5, 5.41) is 8.01. The van der Waals surface area contributed by atoms with Crippen molar-refractivity contribution in [3.05, 3.63) is 59.7 Å². The number of nitrogens with zero attached hydrogens (tertiary/aromatic N) is 5. The summed E-state index contributed by atoms with van der Waals surface area (Å²) in [4.78, 5) is 43.5. The average Bonchev–Trinajstić information content (AvgIpc) is 3.55. The Labute approximate surface area is 191 Å². The SMILES string of the molecule is COC(=O)c1cnc(C(C)NC(=O)c2c[nH]c3ncc(-c4nn(C)c5cc(F)ccc45)nc23)[nH]1. The van der Waals surface area contributed by atoms with Crippen LogP contribution in [-0.2, 0) is 11.8 Å². The van der Waals surface area contributed by atoms with Crippen LogP contribution in [0.1, 0.15) is 39.6 Å². The lowest BCUT2D eigenvalue weighted by Crippen LogP contribution is -2.27. The first-order valence-electron chi connectivity index (χ1n) is 10.3. The van der Waals surface area contributed by atoms with Gasteiger partial charge in [0, 0.05) is 18.6 Å². The number of ether oxygens (including phenoxy) is 1. The quantitative estimate of drug-likeness (QED) is 0.341. The van der Waals surface area contributed by atoms with Gasteiger partial charge >= 0.3 is 5.97 Å². The molecule has 1 unspecified atom stereocenters. The molecule has 1 amide bonds. The summed E-state index contributed by atoms with van der Waals surface area (Å²) in [5.74, 6) is -0.930. The van der Waals surface area contributed by atoms with Crippen LogP contribution < -0.4 is 5.32 Å². The molecule has 0 aliphatic carbocycles. The van der Waals surface area contributed by atoms with Gasteiger partial charge in [0.2, 0.25) is 0 Å². The van der Waals surface area contributed by atoms with Gasteiger partial charge in [0.05, 0.1) is 36.6 Å². The first kappa shape index (κ1) is 21.2. The Morgan fingerprint density at radius 1 is 1.24 bits per heavy atom. The van der Waals surface area contributed by atoms with Gasteiger partial charge in [0.1, 0.15) is 34.2 Å². The highest BCUT2D eigenvalue weighted by Crippen LogP contribution is 2.28. The molecule has 0 saturated heterocycles. The number of methoxy groups -OCH3 is 1. The number of fused-ring (bicyclic) bond motifs is 2. The number of aromatic nitrogens is 7. The Hall–Kier alpha value is -4.61. The first-order chi connectivity index (χ1) is 16.4. The molecule has 4 aromatic heterocycles. The smallest absolute Gasteiger partial charge is 0.356 e. The van der Waals surface area contributed by atoms with Gasteiger partial charge in [-0.1, -0.05) is 0 Å². The van der Waals surface area contributed by atoms with Crippen molar-refractivity contribution in [3.8, 4) is 11.4 Å². The fourth-order valence-corrected chi connectivity index (χ4v) is 3.71. The Morgan fingerprint density at radius 2 is 2.06 bits per heavy atom. The predicted molar refractivity (Wildman–Crippen MR) is 119 cm³/mol. The average molecular weight is 462 g/mol. The molecule has 34 heavy (non-hydrogen) atoms. The molecule has 172 valence electrons. The molecule has 12 heteroatoms. The van der Waals surface area contributed by atoms with E-state index in [-0.39, 0.29) is 17.1 Å². The van der Waals surface area contributed by atoms with Crippen LogP contribution in [-0.4, -0.2) is 53.7 Å². The van der Waals surface area contributed by atoms with Crippen LogP contribution in [0.15, 0.2) is 36.8 Å². The number of carbonyl (C=O) groups excluding carboxylic acids is 2. The topological polar surface area (TPSA) is 143 Å². The van der Waals surface area contributed by atoms with Crippen molar-refractivity contribution in [2.75, 3.05) is 7.11 Å². The summed E-state index contributed by atoms with van der Waals surface area (Å²) >= 11 is 0. The summed E-state index contributed by atoms with van der Waals surface area (Å²) in [6, 6.07) is 3.86. The fourth-order valence-electron chi connectivity index (χ4n) is 3.71. The van der Waals surface area contributed by atoms with E-state index < -0.39 is 17.9 Å². The van der Waals surface area contributed by atoms with Crippen molar-refractivity contribution in [2.24, 2.45) is 7.05 Å². The number of carbonyl (C=O) groups is 2. The maximum atomic E-state index is 13.7. The highest BCUT2D eigenvalue weighted by Gasteiger charge is 2.21. The molecule has 1 atom stereocenters. The van der Waals surface area contributed by atoms with Gasteiger partial charge in [-0.2, -0.15) is 5.10 Å². The summed E-state index contributed by atoms with van der Waals surface area (Å²) < 4.78 is 19.9. The number of imidazole rings is 1. The number of rotatable bonds is 5. The van der Waals surface area contributed by atoms with Crippen LogP contribution in [0.3, 0.4) is 0 Å². The molecule has 5 aromatic rings. The van der Waals surface area contributed by atoms with Gasteiger partial charge in [0.25, 0.3) is 5.91 Å². The molecule has 0 bridgehead atoms. The number of halogens is 1. The van der Waals surface area contributed by atoms with Crippen molar-refractivity contribution in [2.45, 2.75) is 13.0 Å². The number of hydrogen-bond acceptors (Lipinski definition) is 7. The second-order valence-corrected chi connectivity index (χ2v) is 7.66. The number of amides is 1. The van der Waals surface area contributed by atoms with E-state index >= 15 is 0 Å². The molecule has 0 aliphatic heterocycles. The predicted octanol–water partition coefficient (Wildman–Crippen LogP) is 2.65. The Morgan fingerprint density at radius 3 is 2.85 bits per heavy atom. The molecule has 0 radical (unpaired) electrons. The normalized spacial score (nSPS) is 12.2. The minimum absolute atomic E-state index is 0.184. The molecular formula is C22H19FN8O3. The number of aromatic amines is 2. The third-order valence-electron chi connectivity index (χ3n) is 5.44. The van der Waals surface area contributed by atoms with E-state index in [9.17, 15) is 14.0 Å². The zero-order chi connectivity index (χ0) is 24.0. The second-order valence-electron chi connectivity index (χ2n) is 7.66. The van der Waals surface area contributed by atoms with Crippen LogP contribution in [0.2, 0.25) is 0 Å². The lowest BCUT2D eigenvalue weighted by atomic mass is 10.1. The standard InChI is InChI=1S/C22H19FN8O3/c1-10(19-25-9-15(29-19)22(33)34-3)27-21(32)13-7-24-20-18(13)28-14(8-26-20)17-12-5-4-11(23)6-16(12)31(2)30-17/h4-10H,1-3H3,(H,24,26)(H,25,29)(H,27,32). The highest BCUT2D eigenvalue weighted by atomic mass is 19.1. The number of hydrogen-bond donors (Lipinski definition) is 3. The molecule has 0 saturated carbocycles. The highest BCUT2D eigenvalue weighted by molar-refractivity contribution is 6.05. The van der Waals surface area contributed by atoms with Gasteiger partial charge in [-0.15, -0.1) is 0 Å². The van der Waals surface area contributed by atoms with Gasteiger partial charge in [0.15, 0.2) is 5.65 Å². The summed E-state index contributed by atoms with van der Waals surface area (Å²) in [5.41, 5.74) is 2.84. The molecular weight excluding hydrogens is 443 g/mol. The Kier molecular flexibility index (Phi) is 5.04. The van der Waals surface area contributed by atoms with Crippen molar-refractivity contribution in [1.29, 1.82) is 0 Å². The molecule has 11 nitrogen and oxygen atoms in total. The minimum atomic E-state index is -0.554. The summed E-state index contributed by atoms with van der Waals surface area (Å²) in [6.07, 6.45) is 4.41. The van der Waals surface area contributed by atoms with Gasteiger partial charge in [-0.3, -0.25) is 9.48 Å². The van der Waals surface area contributed by atoms with Crippen LogP contribution in [0.25, 0.3) is 33.5 Å². The van der Waals surface area contributed by atoms with Gasteiger partial charge in [-0.25, -0.2) is 24.1 Å². The number of aryl methyl sites for hydroxylation is 1. The maximum absolute atomic E-state index is 13.7. The third kappa shape index (κ3) is 3.54.